The molecule has 1 heterocycles. The average Bonchev–Trinajstić information content (AvgIpc) is 2.46. The Labute approximate surface area is 125 Å². The Balaban J connectivity index is 1.85. The minimum atomic E-state index is 0.816. The van der Waals surface area contributed by atoms with Crippen LogP contribution in [0.15, 0.2) is 18.2 Å². The molecule has 1 aromatic carbocycles. The Bertz CT molecular complexity index is 441. The number of fused-ring (bicyclic) bond motifs is 1. The summed E-state index contributed by atoms with van der Waals surface area (Å²) in [7, 11) is 0. The molecule has 2 fully saturated rings. The maximum Gasteiger partial charge on any atom is 0.0371 e. The van der Waals surface area contributed by atoms with Crippen molar-refractivity contribution < 1.29 is 0 Å². The standard InChI is InChI=1S/C17H24BrN/c1-13-11-16(9-8-15(13)12-18)19-10-4-6-14-5-2-3-7-17(14)19/h8-9,11,14,17H,2-7,10,12H2,1H3/t14-,17-/m1/s1. The molecule has 3 rings (SSSR count). The molecule has 0 bridgehead atoms. The lowest BCUT2D eigenvalue weighted by Crippen LogP contribution is -2.46. The van der Waals surface area contributed by atoms with Gasteiger partial charge in [0.15, 0.2) is 0 Å². The second-order valence-corrected chi connectivity index (χ2v) is 6.75. The topological polar surface area (TPSA) is 3.24 Å². The van der Waals surface area contributed by atoms with Gasteiger partial charge in [-0.15, -0.1) is 0 Å². The van der Waals surface area contributed by atoms with Crippen LogP contribution >= 0.6 is 15.9 Å². The summed E-state index contributed by atoms with van der Waals surface area (Å²) in [5, 5.41) is 0.963. The molecular formula is C17H24BrN. The summed E-state index contributed by atoms with van der Waals surface area (Å²) in [6.45, 7) is 3.50. The van der Waals surface area contributed by atoms with Crippen molar-refractivity contribution in [2.75, 3.05) is 11.4 Å². The molecule has 2 aliphatic rings. The second kappa shape index (κ2) is 5.87. The van der Waals surface area contributed by atoms with Crippen LogP contribution in [-0.4, -0.2) is 12.6 Å². The third kappa shape index (κ3) is 2.69. The summed E-state index contributed by atoms with van der Waals surface area (Å²) in [5.74, 6) is 0.957. The van der Waals surface area contributed by atoms with Crippen LogP contribution in [-0.2, 0) is 5.33 Å². The number of hydrogen-bond donors (Lipinski definition) is 0. The number of halogens is 1. The molecule has 0 aromatic heterocycles. The zero-order chi connectivity index (χ0) is 13.2. The minimum Gasteiger partial charge on any atom is -0.368 e. The fourth-order valence-corrected chi connectivity index (χ4v) is 4.58. The molecule has 0 amide bonds. The fourth-order valence-electron chi connectivity index (χ4n) is 3.95. The molecule has 1 aromatic rings. The smallest absolute Gasteiger partial charge is 0.0371 e. The molecule has 1 saturated heterocycles. The molecule has 104 valence electrons. The number of nitrogens with zero attached hydrogens (tertiary/aromatic N) is 1. The van der Waals surface area contributed by atoms with Crippen LogP contribution in [0.2, 0.25) is 0 Å². The number of piperidine rings is 1. The highest BCUT2D eigenvalue weighted by Gasteiger charge is 2.33. The van der Waals surface area contributed by atoms with Gasteiger partial charge in [0.1, 0.15) is 0 Å². The molecule has 0 radical (unpaired) electrons. The van der Waals surface area contributed by atoms with Crippen LogP contribution in [0.5, 0.6) is 0 Å². The fraction of sp³-hybridized carbons (Fsp3) is 0.647. The van der Waals surface area contributed by atoms with E-state index < -0.39 is 0 Å². The van der Waals surface area contributed by atoms with Crippen LogP contribution in [0.4, 0.5) is 5.69 Å². The Kier molecular flexibility index (Phi) is 4.16. The summed E-state index contributed by atoms with van der Waals surface area (Å²) in [5.41, 5.74) is 4.30. The first kappa shape index (κ1) is 13.5. The molecule has 1 saturated carbocycles. The zero-order valence-electron chi connectivity index (χ0n) is 11.9. The van der Waals surface area contributed by atoms with Gasteiger partial charge in [-0.05, 0) is 61.8 Å². The second-order valence-electron chi connectivity index (χ2n) is 6.19. The van der Waals surface area contributed by atoms with E-state index >= 15 is 0 Å². The van der Waals surface area contributed by atoms with E-state index in [1.165, 1.54) is 61.9 Å². The van der Waals surface area contributed by atoms with Crippen molar-refractivity contribution in [1.82, 2.24) is 0 Å². The van der Waals surface area contributed by atoms with Gasteiger partial charge in [-0.25, -0.2) is 0 Å². The van der Waals surface area contributed by atoms with Gasteiger partial charge in [0, 0.05) is 23.6 Å². The van der Waals surface area contributed by atoms with E-state index in [-0.39, 0.29) is 0 Å². The van der Waals surface area contributed by atoms with Gasteiger partial charge in [0.05, 0.1) is 0 Å². The molecule has 1 nitrogen and oxygen atoms in total. The van der Waals surface area contributed by atoms with Gasteiger partial charge in [-0.3, -0.25) is 0 Å². The van der Waals surface area contributed by atoms with E-state index in [0.29, 0.717) is 0 Å². The Morgan fingerprint density at radius 1 is 1.16 bits per heavy atom. The maximum absolute atomic E-state index is 3.57. The quantitative estimate of drug-likeness (QED) is 0.689. The van der Waals surface area contributed by atoms with Crippen molar-refractivity contribution in [1.29, 1.82) is 0 Å². The van der Waals surface area contributed by atoms with Crippen LogP contribution in [0.25, 0.3) is 0 Å². The summed E-state index contributed by atoms with van der Waals surface area (Å²) in [6.07, 6.45) is 8.58. The summed E-state index contributed by atoms with van der Waals surface area (Å²) in [4.78, 5) is 2.71. The van der Waals surface area contributed by atoms with E-state index in [2.05, 4.69) is 46.0 Å². The lowest BCUT2D eigenvalue weighted by molar-refractivity contribution is 0.244. The maximum atomic E-state index is 3.57. The molecule has 0 unspecified atom stereocenters. The van der Waals surface area contributed by atoms with Gasteiger partial charge in [0.25, 0.3) is 0 Å². The third-order valence-electron chi connectivity index (χ3n) is 5.05. The molecule has 2 atom stereocenters. The lowest BCUT2D eigenvalue weighted by atomic mass is 9.78. The molecule has 1 aliphatic carbocycles. The van der Waals surface area contributed by atoms with Crippen molar-refractivity contribution in [3.63, 3.8) is 0 Å². The molecule has 2 heteroatoms. The number of rotatable bonds is 2. The average molecular weight is 322 g/mol. The van der Waals surface area contributed by atoms with E-state index in [9.17, 15) is 0 Å². The highest BCUT2D eigenvalue weighted by Crippen LogP contribution is 2.38. The molecule has 0 spiro atoms. The number of alkyl halides is 1. The van der Waals surface area contributed by atoms with E-state index in [4.69, 9.17) is 0 Å². The highest BCUT2D eigenvalue weighted by atomic mass is 79.9. The highest BCUT2D eigenvalue weighted by molar-refractivity contribution is 9.08. The zero-order valence-corrected chi connectivity index (χ0v) is 13.5. The SMILES string of the molecule is Cc1cc(N2CCC[C@H]3CCCC[C@H]32)ccc1CBr. The molecular weight excluding hydrogens is 298 g/mol. The normalized spacial score (nSPS) is 27.2. The van der Waals surface area contributed by atoms with E-state index in [1.54, 1.807) is 0 Å². The predicted octanol–water partition coefficient (Wildman–Crippen LogP) is 5.05. The molecule has 1 aliphatic heterocycles. The predicted molar refractivity (Wildman–Crippen MR) is 86.1 cm³/mol. The first-order valence-corrected chi connectivity index (χ1v) is 8.84. The van der Waals surface area contributed by atoms with Crippen molar-refractivity contribution >= 4 is 21.6 Å². The van der Waals surface area contributed by atoms with Gasteiger partial charge >= 0.3 is 0 Å². The number of hydrogen-bond acceptors (Lipinski definition) is 1. The Morgan fingerprint density at radius 2 is 1.95 bits per heavy atom. The molecule has 19 heavy (non-hydrogen) atoms. The first-order chi connectivity index (χ1) is 9.29. The van der Waals surface area contributed by atoms with Gasteiger partial charge < -0.3 is 4.90 Å². The van der Waals surface area contributed by atoms with Crippen LogP contribution in [0.1, 0.15) is 49.7 Å². The van der Waals surface area contributed by atoms with Crippen LogP contribution in [0, 0.1) is 12.8 Å². The summed E-state index contributed by atoms with van der Waals surface area (Å²) >= 11 is 3.57. The number of benzene rings is 1. The van der Waals surface area contributed by atoms with Crippen molar-refractivity contribution in [3.05, 3.63) is 29.3 Å². The minimum absolute atomic E-state index is 0.816. The Morgan fingerprint density at radius 3 is 2.74 bits per heavy atom. The number of aryl methyl sites for hydroxylation is 1. The van der Waals surface area contributed by atoms with Crippen LogP contribution in [0.3, 0.4) is 0 Å². The van der Waals surface area contributed by atoms with E-state index in [1.807, 2.05) is 0 Å². The van der Waals surface area contributed by atoms with Crippen molar-refractivity contribution in [2.24, 2.45) is 5.92 Å². The Hall–Kier alpha value is -0.500. The summed E-state index contributed by atoms with van der Waals surface area (Å²) < 4.78 is 0. The van der Waals surface area contributed by atoms with Gasteiger partial charge in [-0.2, -0.15) is 0 Å². The summed E-state index contributed by atoms with van der Waals surface area (Å²) in [6, 6.07) is 7.84. The van der Waals surface area contributed by atoms with Crippen molar-refractivity contribution in [2.45, 2.75) is 56.8 Å². The first-order valence-electron chi connectivity index (χ1n) is 7.71. The van der Waals surface area contributed by atoms with Gasteiger partial charge in [-0.1, -0.05) is 34.8 Å². The van der Waals surface area contributed by atoms with E-state index in [0.717, 1.165) is 17.3 Å². The monoisotopic (exact) mass is 321 g/mol. The largest absolute Gasteiger partial charge is 0.368 e. The third-order valence-corrected chi connectivity index (χ3v) is 5.65. The number of anilines is 1. The van der Waals surface area contributed by atoms with Crippen LogP contribution < -0.4 is 4.90 Å². The van der Waals surface area contributed by atoms with Gasteiger partial charge in [0.2, 0.25) is 0 Å². The lowest BCUT2D eigenvalue weighted by Gasteiger charge is -2.45. The molecule has 0 N–H and O–H groups in total. The van der Waals surface area contributed by atoms with Crippen molar-refractivity contribution in [3.8, 4) is 0 Å².